The molecule has 0 spiro atoms. The molecule has 0 radical (unpaired) electrons. The smallest absolute Gasteiger partial charge is 0.119 e. The molecule has 1 saturated heterocycles. The molecule has 3 atom stereocenters. The number of ether oxygens (including phenoxy) is 1. The van der Waals surface area contributed by atoms with Gasteiger partial charge >= 0.3 is 0 Å². The van der Waals surface area contributed by atoms with Gasteiger partial charge in [0.2, 0.25) is 0 Å². The third kappa shape index (κ3) is 4.50. The first-order valence-electron chi connectivity index (χ1n) is 7.72. The predicted octanol–water partition coefficient (Wildman–Crippen LogP) is 3.29. The maximum Gasteiger partial charge on any atom is 0.119 e. The first kappa shape index (κ1) is 15.3. The Bertz CT molecular complexity index is 402. The molecular weight excluding hydrogens is 250 g/mol. The van der Waals surface area contributed by atoms with Crippen LogP contribution in [0.15, 0.2) is 24.3 Å². The number of rotatable bonds is 5. The van der Waals surface area contributed by atoms with Crippen LogP contribution in [0.1, 0.15) is 51.7 Å². The summed E-state index contributed by atoms with van der Waals surface area (Å²) in [5, 5.41) is 13.9. The van der Waals surface area contributed by atoms with Crippen molar-refractivity contribution < 1.29 is 9.84 Å². The Morgan fingerprint density at radius 1 is 1.30 bits per heavy atom. The molecule has 2 N–H and O–H groups in total. The second-order valence-corrected chi connectivity index (χ2v) is 6.27. The van der Waals surface area contributed by atoms with Gasteiger partial charge in [0, 0.05) is 6.04 Å². The lowest BCUT2D eigenvalue weighted by Crippen LogP contribution is -2.38. The van der Waals surface area contributed by atoms with Crippen LogP contribution in [-0.2, 0) is 0 Å². The van der Waals surface area contributed by atoms with Crippen LogP contribution in [0, 0.1) is 5.92 Å². The van der Waals surface area contributed by atoms with Crippen LogP contribution < -0.4 is 10.1 Å². The van der Waals surface area contributed by atoms with E-state index in [1.165, 1.54) is 6.42 Å². The highest BCUT2D eigenvalue weighted by molar-refractivity contribution is 5.28. The summed E-state index contributed by atoms with van der Waals surface area (Å²) in [5.41, 5.74) is 0.973. The Balaban J connectivity index is 1.90. The first-order valence-corrected chi connectivity index (χ1v) is 7.72. The monoisotopic (exact) mass is 277 g/mol. The molecule has 0 amide bonds. The lowest BCUT2D eigenvalue weighted by atomic mass is 9.90. The average Bonchev–Trinajstić information content (AvgIpc) is 2.38. The molecule has 1 fully saturated rings. The molecule has 2 rings (SSSR count). The number of benzene rings is 1. The van der Waals surface area contributed by atoms with E-state index in [-0.39, 0.29) is 6.10 Å². The summed E-state index contributed by atoms with van der Waals surface area (Å²) in [6.07, 6.45) is 2.97. The van der Waals surface area contributed by atoms with Gasteiger partial charge in [0.05, 0.1) is 12.2 Å². The Labute approximate surface area is 122 Å². The molecule has 1 aliphatic heterocycles. The Hall–Kier alpha value is -1.06. The molecule has 1 aliphatic rings. The normalized spacial score (nSPS) is 24.6. The van der Waals surface area contributed by atoms with E-state index in [9.17, 15) is 5.11 Å². The molecule has 0 saturated carbocycles. The number of hydrogen-bond acceptors (Lipinski definition) is 3. The van der Waals surface area contributed by atoms with Crippen LogP contribution in [0.5, 0.6) is 5.75 Å². The number of aliphatic hydroxyl groups excluding tert-OH is 1. The molecule has 1 aromatic carbocycles. The first-order chi connectivity index (χ1) is 9.54. The molecule has 0 aromatic heterocycles. The van der Waals surface area contributed by atoms with Gasteiger partial charge < -0.3 is 15.2 Å². The maximum absolute atomic E-state index is 10.4. The van der Waals surface area contributed by atoms with Gasteiger partial charge in [-0.3, -0.25) is 0 Å². The fraction of sp³-hybridized carbons (Fsp3) is 0.647. The van der Waals surface area contributed by atoms with Gasteiger partial charge in [0.15, 0.2) is 0 Å². The molecule has 112 valence electrons. The third-order valence-electron chi connectivity index (χ3n) is 3.90. The number of piperidine rings is 1. The van der Waals surface area contributed by atoms with E-state index in [2.05, 4.69) is 12.2 Å². The highest BCUT2D eigenvalue weighted by Gasteiger charge is 2.21. The molecule has 20 heavy (non-hydrogen) atoms. The third-order valence-corrected chi connectivity index (χ3v) is 3.90. The summed E-state index contributed by atoms with van der Waals surface area (Å²) in [7, 11) is 0. The zero-order chi connectivity index (χ0) is 14.5. The van der Waals surface area contributed by atoms with Crippen LogP contribution in [0.3, 0.4) is 0 Å². The van der Waals surface area contributed by atoms with Crippen molar-refractivity contribution in [1.82, 2.24) is 5.32 Å². The summed E-state index contributed by atoms with van der Waals surface area (Å²) in [4.78, 5) is 0. The van der Waals surface area contributed by atoms with E-state index in [0.717, 1.165) is 36.6 Å². The lowest BCUT2D eigenvalue weighted by molar-refractivity contribution is 0.138. The van der Waals surface area contributed by atoms with E-state index in [1.807, 2.05) is 38.1 Å². The topological polar surface area (TPSA) is 41.5 Å². The summed E-state index contributed by atoms with van der Waals surface area (Å²) in [5.74, 6) is 1.62. The average molecular weight is 277 g/mol. The summed E-state index contributed by atoms with van der Waals surface area (Å²) in [6, 6.07) is 8.24. The van der Waals surface area contributed by atoms with Gasteiger partial charge in [-0.2, -0.15) is 0 Å². The van der Waals surface area contributed by atoms with Crippen molar-refractivity contribution in [2.45, 2.75) is 58.3 Å². The second-order valence-electron chi connectivity index (χ2n) is 6.27. The van der Waals surface area contributed by atoms with Crippen molar-refractivity contribution in [2.75, 3.05) is 6.54 Å². The van der Waals surface area contributed by atoms with Crippen molar-refractivity contribution in [3.8, 4) is 5.75 Å². The molecule has 0 bridgehead atoms. The van der Waals surface area contributed by atoms with Gasteiger partial charge in [-0.05, 0) is 63.3 Å². The van der Waals surface area contributed by atoms with Crippen molar-refractivity contribution in [3.63, 3.8) is 0 Å². The maximum atomic E-state index is 10.4. The lowest BCUT2D eigenvalue weighted by Gasteiger charge is -2.29. The van der Waals surface area contributed by atoms with Gasteiger partial charge in [0.25, 0.3) is 0 Å². The van der Waals surface area contributed by atoms with E-state index in [4.69, 9.17) is 4.74 Å². The van der Waals surface area contributed by atoms with Gasteiger partial charge in [0.1, 0.15) is 5.75 Å². The van der Waals surface area contributed by atoms with Crippen LogP contribution >= 0.6 is 0 Å². The van der Waals surface area contributed by atoms with E-state index >= 15 is 0 Å². The van der Waals surface area contributed by atoms with Gasteiger partial charge in [-0.1, -0.05) is 19.1 Å². The Morgan fingerprint density at radius 2 is 2.00 bits per heavy atom. The highest BCUT2D eigenvalue weighted by Crippen LogP contribution is 2.26. The summed E-state index contributed by atoms with van der Waals surface area (Å²) < 4.78 is 5.62. The SMILES string of the molecule is CC1CCNC(CC(O)c2ccc(OC(C)C)cc2)C1. The van der Waals surface area contributed by atoms with Crippen molar-refractivity contribution in [2.24, 2.45) is 5.92 Å². The summed E-state index contributed by atoms with van der Waals surface area (Å²) >= 11 is 0. The van der Waals surface area contributed by atoms with Crippen molar-refractivity contribution in [3.05, 3.63) is 29.8 Å². The second kappa shape index (κ2) is 7.09. The van der Waals surface area contributed by atoms with E-state index in [1.54, 1.807) is 0 Å². The van der Waals surface area contributed by atoms with E-state index < -0.39 is 6.10 Å². The summed E-state index contributed by atoms with van der Waals surface area (Å²) in [6.45, 7) is 7.38. The quantitative estimate of drug-likeness (QED) is 0.868. The zero-order valence-corrected chi connectivity index (χ0v) is 12.8. The van der Waals surface area contributed by atoms with Crippen LogP contribution in [0.25, 0.3) is 0 Å². The number of hydrogen-bond donors (Lipinski definition) is 2. The van der Waals surface area contributed by atoms with Crippen LogP contribution in [0.4, 0.5) is 0 Å². The van der Waals surface area contributed by atoms with Crippen molar-refractivity contribution in [1.29, 1.82) is 0 Å². The fourth-order valence-corrected chi connectivity index (χ4v) is 2.85. The van der Waals surface area contributed by atoms with Gasteiger partial charge in [-0.15, -0.1) is 0 Å². The largest absolute Gasteiger partial charge is 0.491 e. The van der Waals surface area contributed by atoms with Crippen LogP contribution in [0.2, 0.25) is 0 Å². The molecule has 1 aromatic rings. The minimum Gasteiger partial charge on any atom is -0.491 e. The minimum atomic E-state index is -0.397. The number of nitrogens with one attached hydrogen (secondary N) is 1. The molecule has 0 aliphatic carbocycles. The molecule has 3 heteroatoms. The van der Waals surface area contributed by atoms with Gasteiger partial charge in [-0.25, -0.2) is 0 Å². The molecule has 3 nitrogen and oxygen atoms in total. The molecule has 3 unspecified atom stereocenters. The molecular formula is C17H27NO2. The zero-order valence-electron chi connectivity index (χ0n) is 12.8. The van der Waals surface area contributed by atoms with Crippen molar-refractivity contribution >= 4 is 0 Å². The number of aliphatic hydroxyl groups is 1. The Morgan fingerprint density at radius 3 is 2.60 bits per heavy atom. The van der Waals surface area contributed by atoms with E-state index in [0.29, 0.717) is 6.04 Å². The minimum absolute atomic E-state index is 0.179. The molecule has 1 heterocycles. The van der Waals surface area contributed by atoms with Crippen LogP contribution in [-0.4, -0.2) is 23.8 Å². The highest BCUT2D eigenvalue weighted by atomic mass is 16.5. The standard InChI is InChI=1S/C17H27NO2/c1-12(2)20-16-6-4-14(5-7-16)17(19)11-15-10-13(3)8-9-18-15/h4-7,12-13,15,17-19H,8-11H2,1-3H3. The predicted molar refractivity (Wildman–Crippen MR) is 82.0 cm³/mol. The Kier molecular flexibility index (Phi) is 5.44. The fourth-order valence-electron chi connectivity index (χ4n) is 2.85.